The Morgan fingerprint density at radius 2 is 2.07 bits per heavy atom. The number of methoxy groups -OCH3 is 1. The number of esters is 1. The summed E-state index contributed by atoms with van der Waals surface area (Å²) in [5.74, 6) is -0.144. The van der Waals surface area contributed by atoms with E-state index in [9.17, 15) is 9.59 Å². The first-order chi connectivity index (χ1) is 12.9. The van der Waals surface area contributed by atoms with Gasteiger partial charge in [0.1, 0.15) is 10.6 Å². The van der Waals surface area contributed by atoms with Crippen LogP contribution in [0.3, 0.4) is 0 Å². The normalized spacial score (nSPS) is 10.8. The molecule has 3 rings (SSSR count). The molecule has 0 aliphatic rings. The van der Waals surface area contributed by atoms with E-state index >= 15 is 0 Å². The number of aromatic nitrogens is 2. The highest BCUT2D eigenvalue weighted by Crippen LogP contribution is 2.33. The molecule has 0 aliphatic carbocycles. The van der Waals surface area contributed by atoms with Gasteiger partial charge >= 0.3 is 5.97 Å². The highest BCUT2D eigenvalue weighted by molar-refractivity contribution is 7.99. The second-order valence-electron chi connectivity index (χ2n) is 5.76. The van der Waals surface area contributed by atoms with E-state index in [1.54, 1.807) is 35.6 Å². The van der Waals surface area contributed by atoms with Crippen LogP contribution in [0.1, 0.15) is 20.8 Å². The lowest BCUT2D eigenvalue weighted by molar-refractivity contribution is -0.113. The van der Waals surface area contributed by atoms with E-state index in [0.717, 1.165) is 20.7 Å². The number of carbonyl (C=O) groups is 2. The van der Waals surface area contributed by atoms with Crippen molar-refractivity contribution in [2.75, 3.05) is 23.9 Å². The molecule has 3 aromatic rings. The lowest BCUT2D eigenvalue weighted by atomic mass is 10.2. The third-order valence-corrected chi connectivity index (χ3v) is 5.88. The molecule has 0 bridgehead atoms. The van der Waals surface area contributed by atoms with Crippen LogP contribution < -0.4 is 11.1 Å². The smallest absolute Gasteiger partial charge is 0.337 e. The van der Waals surface area contributed by atoms with Crippen LogP contribution in [-0.4, -0.2) is 34.7 Å². The second kappa shape index (κ2) is 7.93. The number of nitrogen functional groups attached to an aromatic ring is 1. The Hall–Kier alpha value is -2.65. The van der Waals surface area contributed by atoms with Gasteiger partial charge in [0.2, 0.25) is 5.91 Å². The fraction of sp³-hybridized carbons (Fsp3) is 0.222. The molecule has 0 saturated heterocycles. The van der Waals surface area contributed by atoms with Crippen LogP contribution >= 0.6 is 23.1 Å². The van der Waals surface area contributed by atoms with Crippen molar-refractivity contribution in [2.45, 2.75) is 19.0 Å². The summed E-state index contributed by atoms with van der Waals surface area (Å²) < 4.78 is 4.67. The van der Waals surface area contributed by atoms with Gasteiger partial charge in [0.15, 0.2) is 5.16 Å². The number of nitrogens with one attached hydrogen (secondary N) is 1. The van der Waals surface area contributed by atoms with E-state index in [0.29, 0.717) is 22.2 Å². The van der Waals surface area contributed by atoms with Gasteiger partial charge in [-0.2, -0.15) is 0 Å². The SMILES string of the molecule is COC(=O)c1cccc(NC(=O)CSc2nc(N)c3c(C)c(C)sc3n2)c1. The minimum absolute atomic E-state index is 0.122. The van der Waals surface area contributed by atoms with Gasteiger partial charge < -0.3 is 15.8 Å². The molecular weight excluding hydrogens is 384 g/mol. The summed E-state index contributed by atoms with van der Waals surface area (Å²) in [5.41, 5.74) is 8.03. The van der Waals surface area contributed by atoms with Crippen molar-refractivity contribution in [3.8, 4) is 0 Å². The van der Waals surface area contributed by atoms with E-state index < -0.39 is 5.97 Å². The first-order valence-electron chi connectivity index (χ1n) is 8.03. The first-order valence-corrected chi connectivity index (χ1v) is 9.83. The number of ether oxygens (including phenoxy) is 1. The number of aryl methyl sites for hydroxylation is 2. The molecule has 27 heavy (non-hydrogen) atoms. The zero-order chi connectivity index (χ0) is 19.6. The lowest BCUT2D eigenvalue weighted by Gasteiger charge is -2.07. The lowest BCUT2D eigenvalue weighted by Crippen LogP contribution is -2.15. The molecule has 0 spiro atoms. The number of nitrogens with two attached hydrogens (primary N) is 1. The number of hydrogen-bond donors (Lipinski definition) is 2. The molecule has 0 unspecified atom stereocenters. The predicted molar refractivity (Wildman–Crippen MR) is 108 cm³/mol. The summed E-state index contributed by atoms with van der Waals surface area (Å²) in [5, 5.41) is 4.08. The molecule has 7 nitrogen and oxygen atoms in total. The summed E-state index contributed by atoms with van der Waals surface area (Å²) in [7, 11) is 1.31. The fourth-order valence-electron chi connectivity index (χ4n) is 2.49. The Balaban J connectivity index is 1.67. The number of carbonyl (C=O) groups excluding carboxylic acids is 2. The molecule has 0 radical (unpaired) electrons. The summed E-state index contributed by atoms with van der Waals surface area (Å²) in [6, 6.07) is 6.56. The number of hydrogen-bond acceptors (Lipinski definition) is 8. The quantitative estimate of drug-likeness (QED) is 0.382. The highest BCUT2D eigenvalue weighted by atomic mass is 32.2. The van der Waals surface area contributed by atoms with E-state index in [2.05, 4.69) is 20.0 Å². The second-order valence-corrected chi connectivity index (χ2v) is 7.91. The number of fused-ring (bicyclic) bond motifs is 1. The molecule has 3 N–H and O–H groups in total. The average Bonchev–Trinajstić information content (AvgIpc) is 2.94. The fourth-order valence-corrected chi connectivity index (χ4v) is 4.24. The number of anilines is 2. The van der Waals surface area contributed by atoms with Crippen LogP contribution in [0.25, 0.3) is 10.2 Å². The van der Waals surface area contributed by atoms with Crippen molar-refractivity contribution in [2.24, 2.45) is 0 Å². The Bertz CT molecular complexity index is 1030. The van der Waals surface area contributed by atoms with Crippen LogP contribution in [0, 0.1) is 13.8 Å². The third-order valence-electron chi connectivity index (χ3n) is 3.94. The van der Waals surface area contributed by atoms with Crippen LogP contribution in [-0.2, 0) is 9.53 Å². The number of thiophene rings is 1. The Morgan fingerprint density at radius 3 is 2.81 bits per heavy atom. The minimum atomic E-state index is -0.459. The molecule has 9 heteroatoms. The Labute approximate surface area is 164 Å². The van der Waals surface area contributed by atoms with Gasteiger partial charge in [0.25, 0.3) is 0 Å². The van der Waals surface area contributed by atoms with Crippen LogP contribution in [0.5, 0.6) is 0 Å². The van der Waals surface area contributed by atoms with E-state index in [-0.39, 0.29) is 11.7 Å². The molecule has 2 heterocycles. The predicted octanol–water partition coefficient (Wildman–Crippen LogP) is 3.41. The molecule has 0 aliphatic heterocycles. The highest BCUT2D eigenvalue weighted by Gasteiger charge is 2.14. The van der Waals surface area contributed by atoms with Gasteiger partial charge in [-0.25, -0.2) is 14.8 Å². The minimum Gasteiger partial charge on any atom is -0.465 e. The Morgan fingerprint density at radius 1 is 1.30 bits per heavy atom. The maximum Gasteiger partial charge on any atom is 0.337 e. The van der Waals surface area contributed by atoms with Crippen LogP contribution in [0.15, 0.2) is 29.4 Å². The van der Waals surface area contributed by atoms with E-state index in [1.807, 2.05) is 13.8 Å². The third kappa shape index (κ3) is 4.20. The molecule has 2 aromatic heterocycles. The summed E-state index contributed by atoms with van der Waals surface area (Å²) >= 11 is 2.77. The summed E-state index contributed by atoms with van der Waals surface area (Å²) in [4.78, 5) is 34.5. The molecule has 0 atom stereocenters. The largest absolute Gasteiger partial charge is 0.465 e. The maximum absolute atomic E-state index is 12.2. The van der Waals surface area contributed by atoms with Crippen molar-refractivity contribution < 1.29 is 14.3 Å². The van der Waals surface area contributed by atoms with Crippen LogP contribution in [0.2, 0.25) is 0 Å². The van der Waals surface area contributed by atoms with Gasteiger partial charge in [0.05, 0.1) is 23.8 Å². The molecule has 1 amide bonds. The van der Waals surface area contributed by atoms with Crippen molar-refractivity contribution in [3.05, 3.63) is 40.3 Å². The number of nitrogens with zero attached hydrogens (tertiary/aromatic N) is 2. The number of benzene rings is 1. The van der Waals surface area contributed by atoms with Gasteiger partial charge in [-0.15, -0.1) is 11.3 Å². The summed E-state index contributed by atoms with van der Waals surface area (Å²) in [6.07, 6.45) is 0. The van der Waals surface area contributed by atoms with Gasteiger partial charge in [-0.1, -0.05) is 17.8 Å². The number of amides is 1. The molecule has 0 fully saturated rings. The van der Waals surface area contributed by atoms with Crippen LogP contribution in [0.4, 0.5) is 11.5 Å². The standard InChI is InChI=1S/C18H18N4O3S2/c1-9-10(2)27-16-14(9)15(19)21-18(22-16)26-8-13(23)20-12-6-4-5-11(7-12)17(24)25-3/h4-7H,8H2,1-3H3,(H,20,23)(H2,19,21,22). The van der Waals surface area contributed by atoms with Crippen molar-refractivity contribution in [3.63, 3.8) is 0 Å². The Kier molecular flexibility index (Phi) is 5.62. The van der Waals surface area contributed by atoms with Crippen molar-refractivity contribution in [1.82, 2.24) is 9.97 Å². The number of thioether (sulfide) groups is 1. The summed E-state index contributed by atoms with van der Waals surface area (Å²) in [6.45, 7) is 4.01. The van der Waals surface area contributed by atoms with Gasteiger partial charge in [-0.3, -0.25) is 4.79 Å². The maximum atomic E-state index is 12.2. The molecule has 0 saturated carbocycles. The molecule has 1 aromatic carbocycles. The molecule has 140 valence electrons. The average molecular weight is 403 g/mol. The monoisotopic (exact) mass is 402 g/mol. The van der Waals surface area contributed by atoms with E-state index in [1.165, 1.54) is 18.9 Å². The zero-order valence-electron chi connectivity index (χ0n) is 15.0. The number of rotatable bonds is 5. The van der Waals surface area contributed by atoms with Gasteiger partial charge in [0, 0.05) is 10.6 Å². The first kappa shape index (κ1) is 19.1. The van der Waals surface area contributed by atoms with Crippen molar-refractivity contribution >= 4 is 56.7 Å². The molecular formula is C18H18N4O3S2. The van der Waals surface area contributed by atoms with E-state index in [4.69, 9.17) is 5.73 Å². The van der Waals surface area contributed by atoms with Gasteiger partial charge in [-0.05, 0) is 37.6 Å². The van der Waals surface area contributed by atoms with Crippen molar-refractivity contribution in [1.29, 1.82) is 0 Å². The zero-order valence-corrected chi connectivity index (χ0v) is 16.7. The topological polar surface area (TPSA) is 107 Å².